The average Bonchev–Trinajstić information content (AvgIpc) is 3.75. The molecule has 0 aromatic carbocycles. The van der Waals surface area contributed by atoms with Crippen molar-refractivity contribution in [1.29, 1.82) is 0 Å². The van der Waals surface area contributed by atoms with Crippen LogP contribution in [-0.4, -0.2) is 36.4 Å². The van der Waals surface area contributed by atoms with E-state index in [2.05, 4.69) is 257 Å². The Kier molecular flexibility index (Phi) is 73.5. The molecule has 0 saturated carbocycles. The van der Waals surface area contributed by atoms with Gasteiger partial charge in [-0.2, -0.15) is 0 Å². The number of aliphatic hydroxyl groups is 1. The fraction of sp³-hybridized carbons (Fsp3) is 0.517. The van der Waals surface area contributed by atoms with Crippen molar-refractivity contribution in [3.63, 3.8) is 0 Å². The lowest BCUT2D eigenvalue weighted by atomic mass is 10.0. The molecule has 5 heteroatoms. The first-order valence-electron chi connectivity index (χ1n) is 36.6. The van der Waals surface area contributed by atoms with Crippen LogP contribution < -0.4 is 0 Å². The maximum Gasteiger partial charge on any atom is 0.306 e. The predicted molar refractivity (Wildman–Crippen MR) is 407 cm³/mol. The average molecular weight is 1260 g/mol. The summed E-state index contributed by atoms with van der Waals surface area (Å²) in [5.41, 5.74) is 0. The topological polar surface area (TPSA) is 72.8 Å². The largest absolute Gasteiger partial charge is 0.462 e. The van der Waals surface area contributed by atoms with Gasteiger partial charge in [-0.1, -0.05) is 334 Å². The van der Waals surface area contributed by atoms with Crippen LogP contribution in [0.1, 0.15) is 271 Å². The molecule has 0 bridgehead atoms. The standard InChI is InChI=1S/C87H132O5/c1-3-5-7-9-11-13-15-17-19-21-23-25-27-29-31-33-35-37-39-41-43-45-47-49-51-53-55-57-59-61-63-65-67-69-71-73-75-77-79-81-86(89)91-84-85(83-88)92-87(90)82-80-78-76-74-72-70-68-66-64-62-60-58-56-54-52-50-48-46-44-42-40-38-36-34-32-30-28-26-24-22-20-18-16-14-12-10-8-6-4-2/h5-8,11-14,17-20,23-26,29-32,35-38,41-44,47-50,53-56,60,62,66,68,85,88H,3-4,9-10,15-16,21-22,27-28,33-34,39-40,45-46,51-52,57-59,61,63-65,67,69-84H2,1-2H3/b7-5-,8-6-,13-11-,14-12-,19-17-,20-18-,25-23-,26-24-,31-29-,32-30-,37-35-,38-36-,43-41-,44-42-,49-47-,50-48-,55-53-,56-54-,62-60-,68-66-. The van der Waals surface area contributed by atoms with Gasteiger partial charge in [0.15, 0.2) is 6.10 Å². The van der Waals surface area contributed by atoms with Crippen LogP contribution in [0, 0.1) is 0 Å². The third-order valence-electron chi connectivity index (χ3n) is 14.6. The molecular weight excluding hydrogens is 1120 g/mol. The first-order chi connectivity index (χ1) is 45.6. The molecule has 0 aliphatic carbocycles. The monoisotopic (exact) mass is 1260 g/mol. The van der Waals surface area contributed by atoms with Crippen LogP contribution in [0.4, 0.5) is 0 Å². The molecular formula is C87H132O5. The minimum Gasteiger partial charge on any atom is -0.462 e. The number of allylic oxidation sites excluding steroid dienone is 40. The maximum absolute atomic E-state index is 12.4. The number of esters is 2. The fourth-order valence-corrected chi connectivity index (χ4v) is 9.26. The van der Waals surface area contributed by atoms with Gasteiger partial charge in [0.2, 0.25) is 0 Å². The molecule has 0 amide bonds. The SMILES string of the molecule is CC/C=C\C/C=C\C/C=C\C/C=C\C/C=C\C/C=C\C/C=C\C/C=C\C/C=C\C/C=C\C/C=C\CCCCCCCC(=O)OC(CO)COC(=O)CCCCCCCCCCCCC/C=C\C/C=C\C/C=C\C/C=C\C/C=C\C/C=C\C/C=C\C/C=C\C/C=C\CC. The van der Waals surface area contributed by atoms with Crippen molar-refractivity contribution in [2.45, 2.75) is 277 Å². The Morgan fingerprint density at radius 3 is 0.652 bits per heavy atom. The van der Waals surface area contributed by atoms with Gasteiger partial charge in [-0.25, -0.2) is 0 Å². The van der Waals surface area contributed by atoms with Crippen LogP contribution in [0.2, 0.25) is 0 Å². The van der Waals surface area contributed by atoms with Crippen molar-refractivity contribution in [3.8, 4) is 0 Å². The van der Waals surface area contributed by atoms with Gasteiger partial charge in [-0.05, 0) is 167 Å². The molecule has 0 heterocycles. The Balaban J connectivity index is 3.64. The van der Waals surface area contributed by atoms with Gasteiger partial charge in [0.25, 0.3) is 0 Å². The maximum atomic E-state index is 12.4. The molecule has 0 aromatic heterocycles. The number of unbranched alkanes of at least 4 members (excludes halogenated alkanes) is 16. The predicted octanol–water partition coefficient (Wildman–Crippen LogP) is 26.2. The van der Waals surface area contributed by atoms with Crippen molar-refractivity contribution in [2.75, 3.05) is 13.2 Å². The quantitative estimate of drug-likeness (QED) is 0.0373. The van der Waals surface area contributed by atoms with Gasteiger partial charge < -0.3 is 14.6 Å². The minimum absolute atomic E-state index is 0.0906. The van der Waals surface area contributed by atoms with Gasteiger partial charge in [0.05, 0.1) is 6.61 Å². The third-order valence-corrected chi connectivity index (χ3v) is 14.6. The Morgan fingerprint density at radius 2 is 0.435 bits per heavy atom. The number of aliphatic hydroxyl groups excluding tert-OH is 1. The summed E-state index contributed by atoms with van der Waals surface area (Å²) in [4.78, 5) is 24.7. The third kappa shape index (κ3) is 76.2. The Labute approximate surface area is 566 Å². The van der Waals surface area contributed by atoms with E-state index in [1.807, 2.05) is 0 Å². The lowest BCUT2D eigenvalue weighted by Crippen LogP contribution is -2.28. The van der Waals surface area contributed by atoms with Crippen LogP contribution >= 0.6 is 0 Å². The van der Waals surface area contributed by atoms with Gasteiger partial charge >= 0.3 is 11.9 Å². The molecule has 0 saturated heterocycles. The molecule has 5 nitrogen and oxygen atoms in total. The molecule has 0 aliphatic heterocycles. The zero-order chi connectivity index (χ0) is 66.1. The number of ether oxygens (including phenoxy) is 2. The van der Waals surface area contributed by atoms with Gasteiger partial charge in [0.1, 0.15) is 6.61 Å². The van der Waals surface area contributed by atoms with E-state index >= 15 is 0 Å². The van der Waals surface area contributed by atoms with Crippen LogP contribution in [0.3, 0.4) is 0 Å². The normalized spacial score (nSPS) is 13.7. The molecule has 0 radical (unpaired) electrons. The number of rotatable bonds is 64. The summed E-state index contributed by atoms with van der Waals surface area (Å²) in [5.74, 6) is -0.631. The lowest BCUT2D eigenvalue weighted by Gasteiger charge is -2.15. The van der Waals surface area contributed by atoms with E-state index in [1.54, 1.807) is 0 Å². The molecule has 0 spiro atoms. The molecule has 1 unspecified atom stereocenters. The Bertz CT molecular complexity index is 2270. The molecule has 92 heavy (non-hydrogen) atoms. The molecule has 0 aliphatic rings. The highest BCUT2D eigenvalue weighted by atomic mass is 16.6. The Morgan fingerprint density at radius 1 is 0.250 bits per heavy atom. The number of hydrogen-bond acceptors (Lipinski definition) is 5. The fourth-order valence-electron chi connectivity index (χ4n) is 9.26. The van der Waals surface area contributed by atoms with Crippen molar-refractivity contribution >= 4 is 11.9 Å². The highest BCUT2D eigenvalue weighted by Crippen LogP contribution is 2.15. The van der Waals surface area contributed by atoms with Crippen LogP contribution in [0.25, 0.3) is 0 Å². The van der Waals surface area contributed by atoms with E-state index in [0.29, 0.717) is 12.8 Å². The van der Waals surface area contributed by atoms with Crippen molar-refractivity contribution in [2.24, 2.45) is 0 Å². The minimum atomic E-state index is -0.804. The van der Waals surface area contributed by atoms with Gasteiger partial charge in [0, 0.05) is 12.8 Å². The number of carbonyl (C=O) groups is 2. The zero-order valence-corrected chi connectivity index (χ0v) is 58.5. The van der Waals surface area contributed by atoms with Crippen molar-refractivity contribution in [1.82, 2.24) is 0 Å². The number of hydrogen-bond donors (Lipinski definition) is 1. The summed E-state index contributed by atoms with van der Waals surface area (Å²) in [6.45, 7) is 3.88. The van der Waals surface area contributed by atoms with Crippen molar-refractivity contribution in [3.05, 3.63) is 243 Å². The van der Waals surface area contributed by atoms with Crippen molar-refractivity contribution < 1.29 is 24.2 Å². The molecule has 0 aromatic rings. The molecule has 510 valence electrons. The smallest absolute Gasteiger partial charge is 0.306 e. The summed E-state index contributed by atoms with van der Waals surface area (Å²) < 4.78 is 10.7. The van der Waals surface area contributed by atoms with Gasteiger partial charge in [-0.3, -0.25) is 9.59 Å². The van der Waals surface area contributed by atoms with Crippen LogP contribution in [-0.2, 0) is 19.1 Å². The zero-order valence-electron chi connectivity index (χ0n) is 58.5. The Hall–Kier alpha value is -6.30. The van der Waals surface area contributed by atoms with Crippen LogP contribution in [0.5, 0.6) is 0 Å². The highest BCUT2D eigenvalue weighted by molar-refractivity contribution is 5.70. The summed E-state index contributed by atoms with van der Waals surface area (Å²) >= 11 is 0. The second-order valence-corrected chi connectivity index (χ2v) is 23.2. The summed E-state index contributed by atoms with van der Waals surface area (Å²) in [6, 6.07) is 0. The first kappa shape index (κ1) is 85.7. The summed E-state index contributed by atoms with van der Waals surface area (Å²) in [7, 11) is 0. The van der Waals surface area contributed by atoms with Crippen LogP contribution in [0.15, 0.2) is 243 Å². The molecule has 0 fully saturated rings. The van der Waals surface area contributed by atoms with E-state index in [1.165, 1.54) is 57.8 Å². The molecule has 0 rings (SSSR count). The number of carbonyl (C=O) groups excluding carboxylic acids is 2. The molecule has 1 N–H and O–H groups in total. The van der Waals surface area contributed by atoms with E-state index in [-0.39, 0.29) is 25.2 Å². The van der Waals surface area contributed by atoms with E-state index in [4.69, 9.17) is 9.47 Å². The first-order valence-corrected chi connectivity index (χ1v) is 36.6. The summed E-state index contributed by atoms with van der Waals surface area (Å²) in [5, 5.41) is 9.71. The van der Waals surface area contributed by atoms with E-state index in [0.717, 1.165) is 186 Å². The van der Waals surface area contributed by atoms with Gasteiger partial charge in [-0.15, -0.1) is 0 Å². The highest BCUT2D eigenvalue weighted by Gasteiger charge is 2.16. The van der Waals surface area contributed by atoms with E-state index < -0.39 is 6.10 Å². The summed E-state index contributed by atoms with van der Waals surface area (Å²) in [6.07, 6.45) is 130. The molecule has 1 atom stereocenters. The second-order valence-electron chi connectivity index (χ2n) is 23.2. The lowest BCUT2D eigenvalue weighted by molar-refractivity contribution is -0.161. The van der Waals surface area contributed by atoms with E-state index in [9.17, 15) is 14.7 Å². The second kappa shape index (κ2) is 78.9.